The van der Waals surface area contributed by atoms with Crippen molar-refractivity contribution in [1.82, 2.24) is 10.2 Å². The summed E-state index contributed by atoms with van der Waals surface area (Å²) in [6.45, 7) is 2.01. The van der Waals surface area contributed by atoms with Crippen molar-refractivity contribution in [2.24, 2.45) is 17.3 Å². The average molecular weight is 459 g/mol. The lowest BCUT2D eigenvalue weighted by Crippen LogP contribution is -2.36. The lowest BCUT2D eigenvalue weighted by molar-refractivity contribution is -0.384. The summed E-state index contributed by atoms with van der Waals surface area (Å²) in [5, 5.41) is 23.9. The fraction of sp³-hybridized carbons (Fsp3) is 0.250. The molecule has 3 atom stereocenters. The van der Waals surface area contributed by atoms with Crippen molar-refractivity contribution in [1.29, 1.82) is 0 Å². The maximum atomic E-state index is 12.9. The van der Waals surface area contributed by atoms with E-state index in [4.69, 9.17) is 4.42 Å². The summed E-state index contributed by atoms with van der Waals surface area (Å²) in [6.07, 6.45) is 6.23. The second kappa shape index (κ2) is 8.22. The molecule has 2 aliphatic rings. The van der Waals surface area contributed by atoms with Crippen molar-refractivity contribution < 1.29 is 18.9 Å². The van der Waals surface area contributed by atoms with E-state index in [-0.39, 0.29) is 29.4 Å². The van der Waals surface area contributed by atoms with Gasteiger partial charge in [0.25, 0.3) is 11.6 Å². The van der Waals surface area contributed by atoms with Crippen LogP contribution in [0.3, 0.4) is 0 Å². The minimum Gasteiger partial charge on any atom is -0.403 e. The summed E-state index contributed by atoms with van der Waals surface area (Å²) in [4.78, 5) is 35.7. The van der Waals surface area contributed by atoms with E-state index in [1.54, 1.807) is 24.3 Å². The van der Waals surface area contributed by atoms with Gasteiger partial charge in [-0.15, -0.1) is 5.10 Å². The Morgan fingerprint density at radius 2 is 1.79 bits per heavy atom. The number of aromatic nitrogens is 2. The van der Waals surface area contributed by atoms with Crippen LogP contribution >= 0.6 is 0 Å². The van der Waals surface area contributed by atoms with Gasteiger partial charge in [-0.2, -0.15) is 0 Å². The van der Waals surface area contributed by atoms with Gasteiger partial charge in [0.15, 0.2) is 0 Å². The zero-order valence-electron chi connectivity index (χ0n) is 18.2. The van der Waals surface area contributed by atoms with Gasteiger partial charge in [0, 0.05) is 28.9 Å². The first kappa shape index (κ1) is 21.5. The van der Waals surface area contributed by atoms with E-state index in [1.165, 1.54) is 24.3 Å². The monoisotopic (exact) mass is 459 g/mol. The maximum absolute atomic E-state index is 12.9. The number of fused-ring (bicyclic) bond motifs is 2. The number of rotatable bonds is 6. The van der Waals surface area contributed by atoms with Crippen molar-refractivity contribution >= 4 is 29.2 Å². The Hall–Kier alpha value is -4.34. The molecular formula is C24H21N5O5. The molecule has 2 amide bonds. The van der Waals surface area contributed by atoms with Gasteiger partial charge in [0.2, 0.25) is 11.8 Å². The second-order valence-electron chi connectivity index (χ2n) is 8.81. The van der Waals surface area contributed by atoms with E-state index in [0.717, 1.165) is 12.8 Å². The number of nitrogens with one attached hydrogen (secondary N) is 2. The third-order valence-electron chi connectivity index (χ3n) is 6.57. The Morgan fingerprint density at radius 3 is 2.41 bits per heavy atom. The summed E-state index contributed by atoms with van der Waals surface area (Å²) in [6, 6.07) is 12.1. The standard InChI is InChI=1S/C24H21N5O5/c1-24(13-14-2-7-17(24)12-14)22(31)25-18-8-3-15(4-9-18)20(30)26-23-28-27-21(34-23)16-5-10-19(11-6-16)29(32)33/h2-11,14,17H,12-13H2,1H3,(H,25,31)(H,26,28,30)/t14-,17-,24-/m0/s1. The van der Waals surface area contributed by atoms with Crippen molar-refractivity contribution in [2.75, 3.05) is 10.6 Å². The molecule has 1 saturated carbocycles. The van der Waals surface area contributed by atoms with Crippen LogP contribution in [-0.4, -0.2) is 26.9 Å². The molecule has 1 aromatic heterocycles. The van der Waals surface area contributed by atoms with Crippen LogP contribution in [-0.2, 0) is 4.79 Å². The first-order chi connectivity index (χ1) is 16.3. The van der Waals surface area contributed by atoms with E-state index in [1.807, 2.05) is 6.92 Å². The van der Waals surface area contributed by atoms with E-state index < -0.39 is 16.2 Å². The molecule has 172 valence electrons. The number of nitrogens with zero attached hydrogens (tertiary/aromatic N) is 3. The van der Waals surface area contributed by atoms with Crippen LogP contribution in [0.1, 0.15) is 30.1 Å². The van der Waals surface area contributed by atoms with E-state index in [9.17, 15) is 19.7 Å². The Balaban J connectivity index is 1.21. The van der Waals surface area contributed by atoms with Crippen LogP contribution in [0.25, 0.3) is 11.5 Å². The first-order valence-electron chi connectivity index (χ1n) is 10.8. The van der Waals surface area contributed by atoms with Crippen LogP contribution in [0.4, 0.5) is 17.4 Å². The molecule has 10 nitrogen and oxygen atoms in total. The number of hydrogen-bond donors (Lipinski definition) is 2. The predicted molar refractivity (Wildman–Crippen MR) is 123 cm³/mol. The highest BCUT2D eigenvalue weighted by Gasteiger charge is 2.49. The number of hydrogen-bond acceptors (Lipinski definition) is 7. The van der Waals surface area contributed by atoms with Crippen LogP contribution in [0.15, 0.2) is 65.1 Å². The van der Waals surface area contributed by atoms with Gasteiger partial charge in [-0.05, 0) is 61.1 Å². The van der Waals surface area contributed by atoms with Crippen LogP contribution < -0.4 is 10.6 Å². The third-order valence-corrected chi connectivity index (χ3v) is 6.57. The Bertz CT molecular complexity index is 1300. The molecule has 10 heteroatoms. The number of amides is 2. The van der Waals surface area contributed by atoms with E-state index in [2.05, 4.69) is 33.0 Å². The van der Waals surface area contributed by atoms with Gasteiger partial charge < -0.3 is 9.73 Å². The quantitative estimate of drug-likeness (QED) is 0.315. The Kier molecular flexibility index (Phi) is 5.20. The number of carbonyl (C=O) groups is 2. The molecule has 0 unspecified atom stereocenters. The summed E-state index contributed by atoms with van der Waals surface area (Å²) < 4.78 is 5.44. The average Bonchev–Trinajstić information content (AvgIpc) is 3.56. The zero-order chi connectivity index (χ0) is 23.9. The van der Waals surface area contributed by atoms with E-state index >= 15 is 0 Å². The molecule has 0 saturated heterocycles. The molecule has 2 bridgehead atoms. The number of allylic oxidation sites excluding steroid dienone is 2. The highest BCUT2D eigenvalue weighted by Crippen LogP contribution is 2.52. The number of benzene rings is 2. The van der Waals surface area contributed by atoms with Gasteiger partial charge in [-0.3, -0.25) is 25.0 Å². The van der Waals surface area contributed by atoms with Crippen LogP contribution in [0, 0.1) is 27.4 Å². The summed E-state index contributed by atoms with van der Waals surface area (Å²) in [5.41, 5.74) is 0.987. The number of nitro groups is 1. The minimum absolute atomic E-state index is 0.00816. The van der Waals surface area contributed by atoms with Crippen LogP contribution in [0.5, 0.6) is 0 Å². The summed E-state index contributed by atoms with van der Waals surface area (Å²) >= 11 is 0. The van der Waals surface area contributed by atoms with Gasteiger partial charge >= 0.3 is 6.01 Å². The van der Waals surface area contributed by atoms with Crippen molar-refractivity contribution in [2.45, 2.75) is 19.8 Å². The third kappa shape index (κ3) is 3.94. The summed E-state index contributed by atoms with van der Waals surface area (Å²) in [5.74, 6) is 0.408. The molecule has 0 radical (unpaired) electrons. The molecule has 1 fully saturated rings. The predicted octanol–water partition coefficient (Wildman–Crippen LogP) is 4.44. The lowest BCUT2D eigenvalue weighted by atomic mass is 9.77. The molecule has 0 aliphatic heterocycles. The highest BCUT2D eigenvalue weighted by atomic mass is 16.6. The molecular weight excluding hydrogens is 438 g/mol. The smallest absolute Gasteiger partial charge is 0.322 e. The number of anilines is 2. The molecule has 34 heavy (non-hydrogen) atoms. The Labute approximate surface area is 194 Å². The van der Waals surface area contributed by atoms with Crippen LogP contribution in [0.2, 0.25) is 0 Å². The molecule has 5 rings (SSSR count). The largest absolute Gasteiger partial charge is 0.403 e. The Morgan fingerprint density at radius 1 is 1.06 bits per heavy atom. The van der Waals surface area contributed by atoms with Crippen molar-refractivity contribution in [3.8, 4) is 11.5 Å². The van der Waals surface area contributed by atoms with Gasteiger partial charge in [0.1, 0.15) is 0 Å². The maximum Gasteiger partial charge on any atom is 0.322 e. The number of non-ortho nitro benzene ring substituents is 1. The van der Waals surface area contributed by atoms with Gasteiger partial charge in [-0.25, -0.2) is 0 Å². The second-order valence-corrected chi connectivity index (χ2v) is 8.81. The fourth-order valence-corrected chi connectivity index (χ4v) is 4.62. The summed E-state index contributed by atoms with van der Waals surface area (Å²) in [7, 11) is 0. The van der Waals surface area contributed by atoms with Crippen molar-refractivity contribution in [3.63, 3.8) is 0 Å². The van der Waals surface area contributed by atoms with Gasteiger partial charge in [0.05, 0.1) is 10.3 Å². The van der Waals surface area contributed by atoms with Crippen molar-refractivity contribution in [3.05, 3.63) is 76.4 Å². The molecule has 1 heterocycles. The topological polar surface area (TPSA) is 140 Å². The normalized spacial score (nSPS) is 22.5. The van der Waals surface area contributed by atoms with E-state index in [0.29, 0.717) is 22.7 Å². The fourth-order valence-electron chi connectivity index (χ4n) is 4.62. The SMILES string of the molecule is C[C@]1(C(=O)Nc2ccc(C(=O)Nc3nnc(-c4ccc([N+](=O)[O-])cc4)o3)cc2)C[C@H]2C=C[C@H]1C2. The first-order valence-corrected chi connectivity index (χ1v) is 10.8. The molecule has 2 aliphatic carbocycles. The zero-order valence-corrected chi connectivity index (χ0v) is 18.2. The molecule has 3 aromatic rings. The minimum atomic E-state index is -0.504. The lowest BCUT2D eigenvalue weighted by Gasteiger charge is -2.29. The van der Waals surface area contributed by atoms with Gasteiger partial charge in [-0.1, -0.05) is 24.2 Å². The highest BCUT2D eigenvalue weighted by molar-refractivity contribution is 6.03. The number of nitro benzene ring substituents is 1. The molecule has 0 spiro atoms. The molecule has 2 N–H and O–H groups in total. The number of carbonyl (C=O) groups excluding carboxylic acids is 2. The molecule has 2 aromatic carbocycles.